The Morgan fingerprint density at radius 3 is 1.84 bits per heavy atom. The summed E-state index contributed by atoms with van der Waals surface area (Å²) in [7, 11) is 0. The van der Waals surface area contributed by atoms with Gasteiger partial charge in [0.05, 0.1) is 0 Å². The largest absolute Gasteiger partial charge is 0.479 e. The molecule has 9 nitrogen and oxygen atoms in total. The molecular weight excluding hydrogens is 332 g/mol. The van der Waals surface area contributed by atoms with Crippen LogP contribution in [-0.2, 0) is 19.1 Å². The summed E-state index contributed by atoms with van der Waals surface area (Å²) in [4.78, 5) is 35.2. The van der Waals surface area contributed by atoms with Crippen LogP contribution in [0.3, 0.4) is 0 Å². The maximum atomic E-state index is 12.2. The van der Waals surface area contributed by atoms with Gasteiger partial charge in [-0.15, -0.1) is 0 Å². The van der Waals surface area contributed by atoms with E-state index in [-0.39, 0.29) is 19.4 Å². The lowest BCUT2D eigenvalue weighted by Crippen LogP contribution is -2.59. The molecule has 0 aliphatic rings. The Hall–Kier alpha value is -1.87. The van der Waals surface area contributed by atoms with E-state index < -0.39 is 34.8 Å². The van der Waals surface area contributed by atoms with Crippen molar-refractivity contribution in [3.8, 4) is 0 Å². The van der Waals surface area contributed by atoms with Gasteiger partial charge in [0, 0.05) is 6.54 Å². The van der Waals surface area contributed by atoms with Gasteiger partial charge in [0.2, 0.25) is 5.54 Å². The third kappa shape index (κ3) is 8.69. The number of hydrogen-bond donors (Lipinski definition) is 4. The molecule has 4 N–H and O–H groups in total. The zero-order valence-electron chi connectivity index (χ0n) is 15.8. The highest BCUT2D eigenvalue weighted by Crippen LogP contribution is 2.20. The Morgan fingerprint density at radius 1 is 0.920 bits per heavy atom. The van der Waals surface area contributed by atoms with Gasteiger partial charge in [-0.25, -0.2) is 14.4 Å². The molecule has 0 aliphatic heterocycles. The summed E-state index contributed by atoms with van der Waals surface area (Å²) in [5.74, 6) is -2.61. The Kier molecular flexibility index (Phi) is 8.33. The predicted octanol–water partition coefficient (Wildman–Crippen LogP) is 1.83. The van der Waals surface area contributed by atoms with Gasteiger partial charge in [-0.05, 0) is 60.8 Å². The highest BCUT2D eigenvalue weighted by molar-refractivity contribution is 6.04. The lowest BCUT2D eigenvalue weighted by molar-refractivity contribution is -0.178. The Morgan fingerprint density at radius 2 is 1.44 bits per heavy atom. The number of amides is 1. The van der Waals surface area contributed by atoms with Gasteiger partial charge in [-0.1, -0.05) is 0 Å². The van der Waals surface area contributed by atoms with E-state index in [0.717, 1.165) is 0 Å². The Labute approximate surface area is 148 Å². The molecule has 0 aromatic heterocycles. The van der Waals surface area contributed by atoms with E-state index in [1.54, 1.807) is 47.0 Å². The number of carboxylic acids is 1. The molecule has 0 radical (unpaired) electrons. The molecule has 0 saturated carbocycles. The number of carboxylic acid groups (broad SMARTS) is 1. The van der Waals surface area contributed by atoms with Crippen LogP contribution in [0.5, 0.6) is 0 Å². The van der Waals surface area contributed by atoms with Crippen LogP contribution in [0.15, 0.2) is 0 Å². The molecule has 0 heterocycles. The maximum Gasteiger partial charge on any atom is 0.407 e. The summed E-state index contributed by atoms with van der Waals surface area (Å²) >= 11 is 0. The van der Waals surface area contributed by atoms with Crippen molar-refractivity contribution in [1.82, 2.24) is 10.8 Å². The van der Waals surface area contributed by atoms with Crippen LogP contribution < -0.4 is 10.8 Å². The number of rotatable bonds is 8. The number of ether oxygens (including phenoxy) is 2. The van der Waals surface area contributed by atoms with E-state index in [9.17, 15) is 24.7 Å². The first-order valence-corrected chi connectivity index (χ1v) is 8.08. The van der Waals surface area contributed by atoms with Crippen molar-refractivity contribution in [3.63, 3.8) is 0 Å². The van der Waals surface area contributed by atoms with Crippen molar-refractivity contribution >= 4 is 18.0 Å². The summed E-state index contributed by atoms with van der Waals surface area (Å²) in [5, 5.41) is 21.1. The fraction of sp³-hybridized carbons (Fsp3) is 0.812. The molecule has 0 spiro atoms. The number of nitrogens with one attached hydrogen (secondary N) is 2. The minimum atomic E-state index is -2.25. The van der Waals surface area contributed by atoms with Crippen molar-refractivity contribution < 1.29 is 34.2 Å². The lowest BCUT2D eigenvalue weighted by Gasteiger charge is -2.30. The van der Waals surface area contributed by atoms with Crippen LogP contribution in [-0.4, -0.2) is 51.6 Å². The molecule has 0 unspecified atom stereocenters. The number of carbonyl (C=O) groups excluding carboxylic acids is 2. The number of carbonyl (C=O) groups is 3. The number of aliphatic carboxylic acids is 1. The molecule has 0 fully saturated rings. The van der Waals surface area contributed by atoms with Crippen molar-refractivity contribution in [2.24, 2.45) is 0 Å². The predicted molar refractivity (Wildman–Crippen MR) is 89.2 cm³/mol. The van der Waals surface area contributed by atoms with Gasteiger partial charge in [-0.2, -0.15) is 5.48 Å². The minimum Gasteiger partial charge on any atom is -0.479 e. The first-order chi connectivity index (χ1) is 11.2. The van der Waals surface area contributed by atoms with Crippen molar-refractivity contribution in [1.29, 1.82) is 0 Å². The van der Waals surface area contributed by atoms with E-state index in [1.807, 2.05) is 0 Å². The SMILES string of the molecule is CC(C)(C)OC(=O)NCCCC[C@](NO)(C(=O)O)C(=O)OC(C)(C)C. The molecule has 0 aromatic rings. The number of hydrogen-bond acceptors (Lipinski definition) is 7. The van der Waals surface area contributed by atoms with E-state index in [2.05, 4.69) is 5.32 Å². The van der Waals surface area contributed by atoms with Crippen LogP contribution in [0.1, 0.15) is 60.8 Å². The van der Waals surface area contributed by atoms with E-state index in [0.29, 0.717) is 6.42 Å². The van der Waals surface area contributed by atoms with Crippen LogP contribution in [0.2, 0.25) is 0 Å². The second-order valence-corrected chi connectivity index (χ2v) is 7.71. The normalized spacial score (nSPS) is 14.4. The van der Waals surface area contributed by atoms with Crippen LogP contribution in [0.4, 0.5) is 4.79 Å². The summed E-state index contributed by atoms with van der Waals surface area (Å²) in [6.45, 7) is 10.2. The minimum absolute atomic E-state index is 0.205. The summed E-state index contributed by atoms with van der Waals surface area (Å²) in [5.41, 5.74) is -2.18. The molecule has 0 rings (SSSR count). The smallest absolute Gasteiger partial charge is 0.407 e. The van der Waals surface area contributed by atoms with Gasteiger partial charge in [-0.3, -0.25) is 0 Å². The van der Waals surface area contributed by atoms with Crippen LogP contribution in [0, 0.1) is 0 Å². The lowest BCUT2D eigenvalue weighted by atomic mass is 9.93. The van der Waals surface area contributed by atoms with Gasteiger partial charge in [0.1, 0.15) is 11.2 Å². The topological polar surface area (TPSA) is 134 Å². The Balaban J connectivity index is 4.59. The molecule has 25 heavy (non-hydrogen) atoms. The highest BCUT2D eigenvalue weighted by Gasteiger charge is 2.48. The first-order valence-electron chi connectivity index (χ1n) is 8.08. The van der Waals surface area contributed by atoms with Gasteiger partial charge in [0.25, 0.3) is 0 Å². The van der Waals surface area contributed by atoms with E-state index in [1.165, 1.54) is 0 Å². The third-order valence-electron chi connectivity index (χ3n) is 2.95. The summed E-state index contributed by atoms with van der Waals surface area (Å²) < 4.78 is 10.1. The van der Waals surface area contributed by atoms with Gasteiger partial charge >= 0.3 is 18.0 Å². The average molecular weight is 362 g/mol. The second kappa shape index (κ2) is 9.00. The summed E-state index contributed by atoms with van der Waals surface area (Å²) in [6.07, 6.45) is -0.151. The van der Waals surface area contributed by atoms with Crippen molar-refractivity contribution in [3.05, 3.63) is 0 Å². The molecule has 9 heteroatoms. The highest BCUT2D eigenvalue weighted by atomic mass is 16.6. The zero-order chi connectivity index (χ0) is 19.9. The average Bonchev–Trinajstić information content (AvgIpc) is 2.38. The number of hydroxylamine groups is 1. The second-order valence-electron chi connectivity index (χ2n) is 7.71. The first kappa shape index (κ1) is 23.1. The molecule has 0 saturated heterocycles. The molecule has 1 atom stereocenters. The Bertz CT molecular complexity index is 480. The van der Waals surface area contributed by atoms with Crippen LogP contribution >= 0.6 is 0 Å². The van der Waals surface area contributed by atoms with Gasteiger partial charge in [0.15, 0.2) is 0 Å². The van der Waals surface area contributed by atoms with E-state index in [4.69, 9.17) is 9.47 Å². The molecule has 146 valence electrons. The molecule has 0 aliphatic carbocycles. The molecule has 0 bridgehead atoms. The fourth-order valence-corrected chi connectivity index (χ4v) is 1.83. The quantitative estimate of drug-likeness (QED) is 0.222. The van der Waals surface area contributed by atoms with Crippen molar-refractivity contribution in [2.45, 2.75) is 77.5 Å². The number of esters is 1. The van der Waals surface area contributed by atoms with E-state index >= 15 is 0 Å². The van der Waals surface area contributed by atoms with Crippen LogP contribution in [0.25, 0.3) is 0 Å². The molecular formula is C16H30N2O7. The fourth-order valence-electron chi connectivity index (χ4n) is 1.83. The monoisotopic (exact) mass is 362 g/mol. The number of alkyl carbamates (subject to hydrolysis) is 1. The molecule has 1 amide bonds. The maximum absolute atomic E-state index is 12.2. The third-order valence-corrected chi connectivity index (χ3v) is 2.95. The summed E-state index contributed by atoms with van der Waals surface area (Å²) in [6, 6.07) is 0. The standard InChI is InChI=1S/C16H30N2O7/c1-14(2,3)24-12(21)16(18-23,11(19)20)9-7-8-10-17-13(22)25-15(4,5)6/h18,23H,7-10H2,1-6H3,(H,17,22)(H,19,20)/t16-/m0/s1. The van der Waals surface area contributed by atoms with Crippen molar-refractivity contribution in [2.75, 3.05) is 6.54 Å². The number of unbranched alkanes of at least 4 members (excludes halogenated alkanes) is 1. The van der Waals surface area contributed by atoms with Gasteiger partial charge < -0.3 is 25.1 Å². The molecule has 0 aromatic carbocycles. The zero-order valence-corrected chi connectivity index (χ0v) is 15.8.